The highest BCUT2D eigenvalue weighted by molar-refractivity contribution is 5.89. The van der Waals surface area contributed by atoms with E-state index in [0.717, 1.165) is 37.4 Å². The van der Waals surface area contributed by atoms with Gasteiger partial charge in [-0.3, -0.25) is 0 Å². The van der Waals surface area contributed by atoms with Crippen molar-refractivity contribution < 1.29 is 14.6 Å². The Kier molecular flexibility index (Phi) is 4.89. The normalized spacial score (nSPS) is 15.1. The number of nitrogens with zero attached hydrogens (tertiary/aromatic N) is 1. The molecule has 1 heterocycles. The van der Waals surface area contributed by atoms with E-state index >= 15 is 0 Å². The summed E-state index contributed by atoms with van der Waals surface area (Å²) in [6.07, 6.45) is 1.85. The predicted octanol–water partition coefficient (Wildman–Crippen LogP) is 3.81. The molecule has 2 aromatic rings. The second kappa shape index (κ2) is 7.25. The third-order valence-electron chi connectivity index (χ3n) is 4.47. The Morgan fingerprint density at radius 2 is 1.88 bits per heavy atom. The summed E-state index contributed by atoms with van der Waals surface area (Å²) in [4.78, 5) is 14.2. The number of carbonyl (C=O) groups is 1. The molecule has 5 heteroatoms. The number of hydrogen-bond donors (Lipinski definition) is 2. The molecule has 0 spiro atoms. The quantitative estimate of drug-likeness (QED) is 0.901. The number of hydrogen-bond acceptors (Lipinski definition) is 3. The molecule has 1 fully saturated rings. The number of ether oxygens (including phenoxy) is 1. The van der Waals surface area contributed by atoms with Crippen LogP contribution in [0.1, 0.15) is 24.3 Å². The zero-order chi connectivity index (χ0) is 16.9. The van der Waals surface area contributed by atoms with Crippen LogP contribution >= 0.6 is 0 Å². The second-order valence-electron chi connectivity index (χ2n) is 6.01. The highest BCUT2D eigenvalue weighted by Crippen LogP contribution is 2.29. The lowest BCUT2D eigenvalue weighted by molar-refractivity contribution is 0.194. The van der Waals surface area contributed by atoms with Gasteiger partial charge in [0.25, 0.3) is 0 Å². The van der Waals surface area contributed by atoms with Gasteiger partial charge in [0.05, 0.1) is 7.11 Å². The summed E-state index contributed by atoms with van der Waals surface area (Å²) in [5.74, 6) is 1.44. The van der Waals surface area contributed by atoms with Crippen LogP contribution in [0.25, 0.3) is 0 Å². The predicted molar refractivity (Wildman–Crippen MR) is 93.7 cm³/mol. The first-order valence-corrected chi connectivity index (χ1v) is 8.14. The minimum Gasteiger partial charge on any atom is -0.508 e. The van der Waals surface area contributed by atoms with Gasteiger partial charge >= 0.3 is 6.03 Å². The average Bonchev–Trinajstić information content (AvgIpc) is 2.62. The standard InChI is InChI=1S/C19H22N2O3/c1-24-18-4-2-3-16(13-18)20-19(23)21-11-9-15(10-12-21)14-5-7-17(22)8-6-14/h2-8,13,15,22H,9-12H2,1H3,(H,20,23). The van der Waals surface area contributed by atoms with Crippen LogP contribution in [0.5, 0.6) is 11.5 Å². The van der Waals surface area contributed by atoms with Crippen LogP contribution in [0.3, 0.4) is 0 Å². The van der Waals surface area contributed by atoms with Crippen LogP contribution in [0.2, 0.25) is 0 Å². The fourth-order valence-electron chi connectivity index (χ4n) is 3.07. The summed E-state index contributed by atoms with van der Waals surface area (Å²) in [5, 5.41) is 12.3. The van der Waals surface area contributed by atoms with Crippen molar-refractivity contribution in [2.24, 2.45) is 0 Å². The van der Waals surface area contributed by atoms with E-state index in [1.807, 2.05) is 35.2 Å². The molecule has 2 amide bonds. The Morgan fingerprint density at radius 3 is 2.54 bits per heavy atom. The summed E-state index contributed by atoms with van der Waals surface area (Å²) < 4.78 is 5.17. The van der Waals surface area contributed by atoms with Gasteiger partial charge in [-0.2, -0.15) is 0 Å². The van der Waals surface area contributed by atoms with E-state index in [-0.39, 0.29) is 11.8 Å². The molecule has 0 radical (unpaired) electrons. The maximum Gasteiger partial charge on any atom is 0.321 e. The smallest absolute Gasteiger partial charge is 0.321 e. The third-order valence-corrected chi connectivity index (χ3v) is 4.47. The molecule has 0 aliphatic carbocycles. The minimum atomic E-state index is -0.0765. The van der Waals surface area contributed by atoms with Crippen LogP contribution in [-0.2, 0) is 0 Å². The number of phenols is 1. The number of phenolic OH excluding ortho intramolecular Hbond substituents is 1. The van der Waals surface area contributed by atoms with E-state index in [1.54, 1.807) is 25.3 Å². The molecular weight excluding hydrogens is 304 g/mol. The van der Waals surface area contributed by atoms with Crippen LogP contribution in [0.15, 0.2) is 48.5 Å². The Balaban J connectivity index is 1.55. The van der Waals surface area contributed by atoms with Gasteiger partial charge in [0.2, 0.25) is 0 Å². The summed E-state index contributed by atoms with van der Waals surface area (Å²) >= 11 is 0. The third kappa shape index (κ3) is 3.79. The van der Waals surface area contributed by atoms with Gasteiger partial charge in [0, 0.05) is 24.8 Å². The van der Waals surface area contributed by atoms with Crippen molar-refractivity contribution in [3.8, 4) is 11.5 Å². The summed E-state index contributed by atoms with van der Waals surface area (Å²) in [6.45, 7) is 1.45. The first-order chi connectivity index (χ1) is 11.7. The largest absolute Gasteiger partial charge is 0.508 e. The number of anilines is 1. The maximum absolute atomic E-state index is 12.4. The van der Waals surface area contributed by atoms with E-state index < -0.39 is 0 Å². The molecule has 0 bridgehead atoms. The molecule has 0 saturated carbocycles. The topological polar surface area (TPSA) is 61.8 Å². The lowest BCUT2D eigenvalue weighted by Gasteiger charge is -2.32. The zero-order valence-electron chi connectivity index (χ0n) is 13.7. The van der Waals surface area contributed by atoms with E-state index in [9.17, 15) is 9.90 Å². The van der Waals surface area contributed by atoms with Crippen molar-refractivity contribution >= 4 is 11.7 Å². The van der Waals surface area contributed by atoms with Crippen LogP contribution in [0, 0.1) is 0 Å². The number of rotatable bonds is 3. The Morgan fingerprint density at radius 1 is 1.17 bits per heavy atom. The highest BCUT2D eigenvalue weighted by atomic mass is 16.5. The van der Waals surface area contributed by atoms with Crippen molar-refractivity contribution in [2.45, 2.75) is 18.8 Å². The Hall–Kier alpha value is -2.69. The molecule has 2 N–H and O–H groups in total. The summed E-state index contributed by atoms with van der Waals surface area (Å²) in [7, 11) is 1.61. The van der Waals surface area contributed by atoms with Crippen molar-refractivity contribution in [3.05, 3.63) is 54.1 Å². The first-order valence-electron chi connectivity index (χ1n) is 8.14. The molecule has 5 nitrogen and oxygen atoms in total. The van der Waals surface area contributed by atoms with Gasteiger partial charge in [-0.1, -0.05) is 18.2 Å². The monoisotopic (exact) mass is 326 g/mol. The van der Waals surface area contributed by atoms with Gasteiger partial charge in [-0.25, -0.2) is 4.79 Å². The number of likely N-dealkylation sites (tertiary alicyclic amines) is 1. The molecule has 24 heavy (non-hydrogen) atoms. The molecule has 3 rings (SSSR count). The molecule has 126 valence electrons. The van der Waals surface area contributed by atoms with Gasteiger partial charge in [0.15, 0.2) is 0 Å². The highest BCUT2D eigenvalue weighted by Gasteiger charge is 2.23. The fourth-order valence-corrected chi connectivity index (χ4v) is 3.07. The fraction of sp³-hybridized carbons (Fsp3) is 0.316. The first kappa shape index (κ1) is 16.2. The molecular formula is C19H22N2O3. The van der Waals surface area contributed by atoms with Crippen molar-refractivity contribution in [1.29, 1.82) is 0 Å². The lowest BCUT2D eigenvalue weighted by atomic mass is 9.89. The Bertz CT molecular complexity index is 692. The molecule has 2 aromatic carbocycles. The van der Waals surface area contributed by atoms with Crippen molar-refractivity contribution in [2.75, 3.05) is 25.5 Å². The average molecular weight is 326 g/mol. The molecule has 1 aliphatic heterocycles. The van der Waals surface area contributed by atoms with Crippen LogP contribution in [-0.4, -0.2) is 36.2 Å². The second-order valence-corrected chi connectivity index (χ2v) is 6.01. The molecule has 1 saturated heterocycles. The van der Waals surface area contributed by atoms with Crippen molar-refractivity contribution in [1.82, 2.24) is 4.90 Å². The number of urea groups is 1. The zero-order valence-corrected chi connectivity index (χ0v) is 13.7. The van der Waals surface area contributed by atoms with Gasteiger partial charge < -0.3 is 20.1 Å². The lowest BCUT2D eigenvalue weighted by Crippen LogP contribution is -2.40. The number of amides is 2. The van der Waals surface area contributed by atoms with Gasteiger partial charge in [-0.05, 0) is 48.6 Å². The number of piperidine rings is 1. The van der Waals surface area contributed by atoms with E-state index in [0.29, 0.717) is 5.92 Å². The summed E-state index contributed by atoms with van der Waals surface area (Å²) in [5.41, 5.74) is 1.96. The molecule has 0 atom stereocenters. The molecule has 0 aromatic heterocycles. The van der Waals surface area contributed by atoms with Crippen LogP contribution < -0.4 is 10.1 Å². The van der Waals surface area contributed by atoms with Crippen LogP contribution in [0.4, 0.5) is 10.5 Å². The van der Waals surface area contributed by atoms with E-state index in [4.69, 9.17) is 4.74 Å². The number of methoxy groups -OCH3 is 1. The minimum absolute atomic E-state index is 0.0765. The number of aromatic hydroxyl groups is 1. The van der Waals surface area contributed by atoms with E-state index in [1.165, 1.54) is 5.56 Å². The molecule has 0 unspecified atom stereocenters. The molecule has 1 aliphatic rings. The number of carbonyl (C=O) groups excluding carboxylic acids is 1. The maximum atomic E-state index is 12.4. The summed E-state index contributed by atoms with van der Waals surface area (Å²) in [6, 6.07) is 14.6. The van der Waals surface area contributed by atoms with Gasteiger partial charge in [0.1, 0.15) is 11.5 Å². The number of nitrogens with one attached hydrogen (secondary N) is 1. The number of benzene rings is 2. The Labute approximate surface area is 141 Å². The van der Waals surface area contributed by atoms with E-state index in [2.05, 4.69) is 5.32 Å². The SMILES string of the molecule is COc1cccc(NC(=O)N2CCC(c3ccc(O)cc3)CC2)c1. The van der Waals surface area contributed by atoms with Gasteiger partial charge in [-0.15, -0.1) is 0 Å². The van der Waals surface area contributed by atoms with Crippen molar-refractivity contribution in [3.63, 3.8) is 0 Å².